The molecule has 0 saturated carbocycles. The third kappa shape index (κ3) is 6.51. The van der Waals surface area contributed by atoms with Gasteiger partial charge in [-0.25, -0.2) is 0 Å². The minimum Gasteiger partial charge on any atom is -0.497 e. The van der Waals surface area contributed by atoms with Crippen LogP contribution in [0.25, 0.3) is 0 Å². The maximum Gasteiger partial charge on any atom is 0.254 e. The Balaban J connectivity index is 1.55. The molecule has 8 heteroatoms. The fraction of sp³-hybridized carbons (Fsp3) is 0.400. The zero-order valence-corrected chi connectivity index (χ0v) is 24.0. The van der Waals surface area contributed by atoms with E-state index in [1.54, 1.807) is 47.6 Å². The molecule has 0 spiro atoms. The molecule has 0 radical (unpaired) electrons. The van der Waals surface area contributed by atoms with Gasteiger partial charge >= 0.3 is 0 Å². The van der Waals surface area contributed by atoms with E-state index in [-0.39, 0.29) is 30.3 Å². The van der Waals surface area contributed by atoms with Crippen LogP contribution >= 0.6 is 22.9 Å². The van der Waals surface area contributed by atoms with Gasteiger partial charge in [-0.1, -0.05) is 37.9 Å². The smallest absolute Gasteiger partial charge is 0.254 e. The standard InChI is InChI=1S/C30H35ClN2O4S/c1-5-20(2)17-32(30(35)22-7-6-8-23(16-22)36-4)18-29(34)33-13-11-28-25(12-14-38-28)27(33)19-37-24-9-10-26(31)21(3)15-24/h6-10,12,14-16,20,27H,5,11,13,17-19H2,1-4H3/t20-,27+/m0/s1. The van der Waals surface area contributed by atoms with Crippen molar-refractivity contribution in [3.05, 3.63) is 80.5 Å². The predicted molar refractivity (Wildman–Crippen MR) is 153 cm³/mol. The average Bonchev–Trinajstić information content (AvgIpc) is 3.41. The van der Waals surface area contributed by atoms with Crippen LogP contribution in [0.5, 0.6) is 11.5 Å². The van der Waals surface area contributed by atoms with Gasteiger partial charge in [-0.3, -0.25) is 9.59 Å². The number of fused-ring (bicyclic) bond motifs is 1. The van der Waals surface area contributed by atoms with Crippen LogP contribution in [-0.2, 0) is 11.2 Å². The summed E-state index contributed by atoms with van der Waals surface area (Å²) in [6.07, 6.45) is 1.71. The van der Waals surface area contributed by atoms with Crippen LogP contribution in [0.3, 0.4) is 0 Å². The van der Waals surface area contributed by atoms with Crippen LogP contribution < -0.4 is 9.47 Å². The third-order valence-electron chi connectivity index (χ3n) is 7.11. The van der Waals surface area contributed by atoms with Crippen LogP contribution in [0.1, 0.15) is 52.7 Å². The number of carbonyl (C=O) groups is 2. The lowest BCUT2D eigenvalue weighted by atomic mass is 10.00. The SMILES string of the molecule is CC[C@H](C)CN(CC(=O)N1CCc2sccc2[C@H]1COc1ccc(Cl)c(C)c1)C(=O)c1cccc(OC)c1. The summed E-state index contributed by atoms with van der Waals surface area (Å²) in [5.41, 5.74) is 2.57. The highest BCUT2D eigenvalue weighted by atomic mass is 35.5. The van der Waals surface area contributed by atoms with Crippen LogP contribution in [0.15, 0.2) is 53.9 Å². The number of carbonyl (C=O) groups excluding carboxylic acids is 2. The van der Waals surface area contributed by atoms with Gasteiger partial charge in [0.15, 0.2) is 0 Å². The van der Waals surface area contributed by atoms with Crippen LogP contribution in [0.4, 0.5) is 0 Å². The summed E-state index contributed by atoms with van der Waals surface area (Å²) in [5, 5.41) is 2.76. The van der Waals surface area contributed by atoms with Crippen molar-refractivity contribution in [1.29, 1.82) is 0 Å². The lowest BCUT2D eigenvalue weighted by Gasteiger charge is -2.37. The number of aryl methyl sites for hydroxylation is 1. The highest BCUT2D eigenvalue weighted by Gasteiger charge is 2.34. The average molecular weight is 555 g/mol. The topological polar surface area (TPSA) is 59.1 Å². The maximum atomic E-state index is 13.8. The summed E-state index contributed by atoms with van der Waals surface area (Å²) < 4.78 is 11.5. The van der Waals surface area contributed by atoms with Gasteiger partial charge in [0.1, 0.15) is 24.7 Å². The Morgan fingerprint density at radius 3 is 2.74 bits per heavy atom. The lowest BCUT2D eigenvalue weighted by Crippen LogP contribution is -2.48. The highest BCUT2D eigenvalue weighted by molar-refractivity contribution is 7.10. The number of ether oxygens (including phenoxy) is 2. The molecule has 1 aliphatic heterocycles. The lowest BCUT2D eigenvalue weighted by molar-refractivity contribution is -0.135. The number of nitrogens with zero attached hydrogens (tertiary/aromatic N) is 2. The first-order chi connectivity index (χ1) is 18.3. The summed E-state index contributed by atoms with van der Waals surface area (Å²) in [6, 6.07) is 14.5. The predicted octanol–water partition coefficient (Wildman–Crippen LogP) is 6.41. The summed E-state index contributed by atoms with van der Waals surface area (Å²) in [6.45, 7) is 7.55. The van der Waals surface area contributed by atoms with Gasteiger partial charge < -0.3 is 19.3 Å². The molecule has 0 aliphatic carbocycles. The molecule has 0 saturated heterocycles. The van der Waals surface area contributed by atoms with Gasteiger partial charge in [0.2, 0.25) is 5.91 Å². The van der Waals surface area contributed by atoms with E-state index in [0.29, 0.717) is 41.8 Å². The number of amides is 2. The molecule has 1 aromatic heterocycles. The number of hydrogen-bond acceptors (Lipinski definition) is 5. The number of halogens is 1. The Morgan fingerprint density at radius 2 is 2.00 bits per heavy atom. The Kier molecular flexibility index (Phi) is 9.34. The van der Waals surface area contributed by atoms with Crippen molar-refractivity contribution in [2.45, 2.75) is 39.7 Å². The number of benzene rings is 2. The third-order valence-corrected chi connectivity index (χ3v) is 8.53. The van der Waals surface area contributed by atoms with Crippen molar-refractivity contribution in [2.75, 3.05) is 33.4 Å². The van der Waals surface area contributed by atoms with Crippen molar-refractivity contribution >= 4 is 34.8 Å². The normalized spacial score (nSPS) is 15.5. The Hall–Kier alpha value is -3.03. The molecular weight excluding hydrogens is 520 g/mol. The first-order valence-corrected chi connectivity index (χ1v) is 14.2. The second-order valence-corrected chi connectivity index (χ2v) is 11.2. The van der Waals surface area contributed by atoms with Crippen molar-refractivity contribution in [2.24, 2.45) is 5.92 Å². The highest BCUT2D eigenvalue weighted by Crippen LogP contribution is 2.34. The van der Waals surface area contributed by atoms with E-state index in [1.807, 2.05) is 30.0 Å². The van der Waals surface area contributed by atoms with Crippen molar-refractivity contribution in [3.8, 4) is 11.5 Å². The molecule has 0 bridgehead atoms. The molecule has 0 unspecified atom stereocenters. The van der Waals surface area contributed by atoms with Gasteiger partial charge in [0.25, 0.3) is 5.91 Å². The quantitative estimate of drug-likeness (QED) is 0.290. The van der Waals surface area contributed by atoms with Crippen LogP contribution in [-0.4, -0.2) is 55.0 Å². The van der Waals surface area contributed by atoms with Crippen LogP contribution in [0, 0.1) is 12.8 Å². The summed E-state index contributed by atoms with van der Waals surface area (Å²) in [7, 11) is 1.58. The molecule has 0 fully saturated rings. The molecule has 2 heterocycles. The zero-order valence-electron chi connectivity index (χ0n) is 22.4. The van der Waals surface area contributed by atoms with E-state index in [2.05, 4.69) is 25.3 Å². The molecule has 4 rings (SSSR count). The second-order valence-electron chi connectivity index (χ2n) is 9.81. The van der Waals surface area contributed by atoms with Gasteiger partial charge in [0, 0.05) is 28.6 Å². The second kappa shape index (κ2) is 12.7. The monoisotopic (exact) mass is 554 g/mol. The zero-order chi connectivity index (χ0) is 27.2. The number of thiophene rings is 1. The molecule has 2 aromatic carbocycles. The summed E-state index contributed by atoms with van der Waals surface area (Å²) in [5.74, 6) is 1.33. The molecule has 6 nitrogen and oxygen atoms in total. The van der Waals surface area contributed by atoms with E-state index < -0.39 is 0 Å². The Bertz CT molecular complexity index is 1280. The fourth-order valence-electron chi connectivity index (χ4n) is 4.67. The molecule has 38 heavy (non-hydrogen) atoms. The van der Waals surface area contributed by atoms with Gasteiger partial charge in [0.05, 0.1) is 13.2 Å². The maximum absolute atomic E-state index is 13.8. The summed E-state index contributed by atoms with van der Waals surface area (Å²) >= 11 is 7.89. The Labute approximate surface area is 234 Å². The van der Waals surface area contributed by atoms with Crippen molar-refractivity contribution < 1.29 is 19.1 Å². The van der Waals surface area contributed by atoms with E-state index in [4.69, 9.17) is 21.1 Å². The fourth-order valence-corrected chi connectivity index (χ4v) is 5.72. The van der Waals surface area contributed by atoms with Crippen molar-refractivity contribution in [1.82, 2.24) is 9.80 Å². The van der Waals surface area contributed by atoms with Crippen LogP contribution in [0.2, 0.25) is 5.02 Å². The van der Waals surface area contributed by atoms with Crippen molar-refractivity contribution in [3.63, 3.8) is 0 Å². The number of methoxy groups -OCH3 is 1. The van der Waals surface area contributed by atoms with Gasteiger partial charge in [-0.15, -0.1) is 11.3 Å². The van der Waals surface area contributed by atoms with E-state index in [1.165, 1.54) is 4.88 Å². The minimum atomic E-state index is -0.231. The van der Waals surface area contributed by atoms with E-state index in [0.717, 1.165) is 24.0 Å². The molecule has 2 amide bonds. The number of hydrogen-bond donors (Lipinski definition) is 0. The number of rotatable bonds is 10. The van der Waals surface area contributed by atoms with E-state index >= 15 is 0 Å². The molecule has 3 aromatic rings. The first kappa shape index (κ1) is 28.0. The summed E-state index contributed by atoms with van der Waals surface area (Å²) in [4.78, 5) is 32.2. The molecule has 2 atom stereocenters. The molecule has 1 aliphatic rings. The van der Waals surface area contributed by atoms with Gasteiger partial charge in [-0.2, -0.15) is 0 Å². The molecule has 202 valence electrons. The largest absolute Gasteiger partial charge is 0.497 e. The van der Waals surface area contributed by atoms with Gasteiger partial charge in [-0.05, 0) is 78.2 Å². The molecule has 0 N–H and O–H groups in total. The first-order valence-electron chi connectivity index (χ1n) is 13.0. The van der Waals surface area contributed by atoms with E-state index in [9.17, 15) is 9.59 Å². The Morgan fingerprint density at radius 1 is 1.18 bits per heavy atom. The minimum absolute atomic E-state index is 0.0103. The molecular formula is C30H35ClN2O4S.